The first kappa shape index (κ1) is 33.0. The van der Waals surface area contributed by atoms with Gasteiger partial charge in [-0.15, -0.1) is 0 Å². The van der Waals surface area contributed by atoms with Crippen molar-refractivity contribution in [1.29, 1.82) is 0 Å². The summed E-state index contributed by atoms with van der Waals surface area (Å²) in [5, 5.41) is 28.6. The fourth-order valence-corrected chi connectivity index (χ4v) is 5.12. The van der Waals surface area contributed by atoms with Gasteiger partial charge in [0.2, 0.25) is 0 Å². The highest BCUT2D eigenvalue weighted by Crippen LogP contribution is 2.33. The first-order valence-corrected chi connectivity index (χ1v) is 14.5. The minimum absolute atomic E-state index is 0.108. The quantitative estimate of drug-likeness (QED) is 0.120. The normalized spacial score (nSPS) is 10.5. The number of hydrogen-bond donors (Lipinski definition) is 3. The Hall–Kier alpha value is -4.86. The van der Waals surface area contributed by atoms with Crippen LogP contribution in [0.25, 0.3) is 0 Å². The maximum Gasteiger partial charge on any atom is 0.343 e. The summed E-state index contributed by atoms with van der Waals surface area (Å²) < 4.78 is 16.3. The number of ether oxygens (including phenoxy) is 3. The van der Waals surface area contributed by atoms with E-state index in [4.69, 9.17) is 14.2 Å². The van der Waals surface area contributed by atoms with Crippen LogP contribution in [0.15, 0.2) is 86.2 Å². The van der Waals surface area contributed by atoms with E-state index < -0.39 is 52.5 Å². The number of esters is 3. The summed E-state index contributed by atoms with van der Waals surface area (Å²) in [6.07, 6.45) is 0. The fourth-order valence-electron chi connectivity index (χ4n) is 3.78. The van der Waals surface area contributed by atoms with Crippen LogP contribution >= 0.6 is 47.8 Å². The van der Waals surface area contributed by atoms with Gasteiger partial charge in [0.15, 0.2) is 17.2 Å². The van der Waals surface area contributed by atoms with Crippen molar-refractivity contribution in [3.8, 4) is 17.2 Å². The van der Waals surface area contributed by atoms with Crippen LogP contribution in [-0.2, 0) is 0 Å². The lowest BCUT2D eigenvalue weighted by molar-refractivity contribution is 0.0664. The second kappa shape index (κ2) is 13.8. The van der Waals surface area contributed by atoms with Gasteiger partial charge in [-0.05, 0) is 102 Å². The summed E-state index contributed by atoms with van der Waals surface area (Å²) in [4.78, 5) is 75.0. The zero-order valence-electron chi connectivity index (χ0n) is 22.1. The van der Waals surface area contributed by atoms with E-state index in [1.54, 1.807) is 0 Å². The second-order valence-electron chi connectivity index (χ2n) is 8.73. The molecule has 45 heavy (non-hydrogen) atoms. The van der Waals surface area contributed by atoms with Crippen LogP contribution in [0, 0.1) is 0 Å². The molecule has 0 bridgehead atoms. The smallest absolute Gasteiger partial charge is 0.343 e. The largest absolute Gasteiger partial charge is 0.478 e. The number of carboxylic acids is 3. The van der Waals surface area contributed by atoms with Gasteiger partial charge in [0.1, 0.15) is 16.7 Å². The molecule has 4 aromatic carbocycles. The number of rotatable bonds is 9. The van der Waals surface area contributed by atoms with Crippen molar-refractivity contribution >= 4 is 83.6 Å². The molecule has 0 aromatic heterocycles. The lowest BCUT2D eigenvalue weighted by Gasteiger charge is -2.14. The molecule has 4 rings (SSSR count). The number of halogens is 3. The number of benzene rings is 4. The number of carboxylic acid groups (broad SMARTS) is 3. The van der Waals surface area contributed by atoms with Gasteiger partial charge < -0.3 is 29.5 Å². The summed E-state index contributed by atoms with van der Waals surface area (Å²) in [5.74, 6) is -8.95. The molecular formula is C30H15Br3O12. The second-order valence-corrected chi connectivity index (χ2v) is 11.3. The van der Waals surface area contributed by atoms with Gasteiger partial charge in [-0.1, -0.05) is 18.2 Å². The molecule has 0 atom stereocenters. The molecule has 0 saturated heterocycles. The highest BCUT2D eigenvalue weighted by molar-refractivity contribution is 9.11. The van der Waals surface area contributed by atoms with Crippen molar-refractivity contribution in [3.05, 3.63) is 120 Å². The molecule has 0 aliphatic heterocycles. The molecule has 0 fully saturated rings. The van der Waals surface area contributed by atoms with Crippen LogP contribution in [0.5, 0.6) is 17.2 Å². The van der Waals surface area contributed by atoms with Gasteiger partial charge in [-0.2, -0.15) is 0 Å². The minimum Gasteiger partial charge on any atom is -0.478 e. The standard InChI is InChI=1S/C30H15Br3O12/c31-19-7-1-4-16(25(34)35)22(19)43-28(40)13-10-14(29(41)44-23-17(26(36)37)5-2-8-20(23)32)12-15(11-13)30(42)45-24-18(27(38)39)6-3-9-21(24)33/h1-12H,(H,34,35)(H,36,37)(H,38,39). The summed E-state index contributed by atoms with van der Waals surface area (Å²) in [6.45, 7) is 0. The van der Waals surface area contributed by atoms with Gasteiger partial charge in [-0.3, -0.25) is 0 Å². The first-order valence-electron chi connectivity index (χ1n) is 12.2. The summed E-state index contributed by atoms with van der Waals surface area (Å²) >= 11 is 9.37. The van der Waals surface area contributed by atoms with E-state index in [9.17, 15) is 44.1 Å². The third-order valence-electron chi connectivity index (χ3n) is 5.82. The Morgan fingerprint density at radius 1 is 0.444 bits per heavy atom. The Morgan fingerprint density at radius 3 is 0.911 bits per heavy atom. The molecule has 4 aromatic rings. The molecule has 0 radical (unpaired) electrons. The molecule has 0 aliphatic carbocycles. The van der Waals surface area contributed by atoms with E-state index in [1.165, 1.54) is 54.6 Å². The maximum absolute atomic E-state index is 13.3. The molecule has 12 nitrogen and oxygen atoms in total. The summed E-state index contributed by atoms with van der Waals surface area (Å²) in [7, 11) is 0. The predicted molar refractivity (Wildman–Crippen MR) is 165 cm³/mol. The van der Waals surface area contributed by atoms with Crippen LogP contribution < -0.4 is 14.2 Å². The van der Waals surface area contributed by atoms with Crippen LogP contribution in [-0.4, -0.2) is 51.1 Å². The summed E-state index contributed by atoms with van der Waals surface area (Å²) in [6, 6.07) is 14.9. The van der Waals surface area contributed by atoms with Crippen LogP contribution in [0.2, 0.25) is 0 Å². The molecule has 15 heteroatoms. The van der Waals surface area contributed by atoms with Crippen LogP contribution in [0.3, 0.4) is 0 Å². The number of aromatic carboxylic acids is 3. The van der Waals surface area contributed by atoms with E-state index in [0.717, 1.165) is 18.2 Å². The van der Waals surface area contributed by atoms with Gasteiger partial charge in [0.05, 0.1) is 30.1 Å². The number of para-hydroxylation sites is 3. The van der Waals surface area contributed by atoms with Gasteiger partial charge in [0, 0.05) is 0 Å². The SMILES string of the molecule is O=C(Oc1c(Br)cccc1C(=O)O)c1cc(C(=O)Oc2c(Br)cccc2C(=O)O)cc(C(=O)Oc2c(Br)cccc2C(=O)O)c1. The molecule has 0 spiro atoms. The van der Waals surface area contributed by atoms with Gasteiger partial charge in [-0.25, -0.2) is 28.8 Å². The summed E-state index contributed by atoms with van der Waals surface area (Å²) in [5.41, 5.74) is -2.46. The van der Waals surface area contributed by atoms with Crippen molar-refractivity contribution in [2.45, 2.75) is 0 Å². The maximum atomic E-state index is 13.3. The average molecular weight is 807 g/mol. The number of carbonyl (C=O) groups is 6. The Morgan fingerprint density at radius 2 is 0.689 bits per heavy atom. The molecule has 228 valence electrons. The minimum atomic E-state index is -1.41. The molecule has 0 heterocycles. The molecule has 0 aliphatic rings. The van der Waals surface area contributed by atoms with Crippen LogP contribution in [0.1, 0.15) is 62.1 Å². The zero-order chi connectivity index (χ0) is 33.0. The molecule has 0 unspecified atom stereocenters. The Kier molecular flexibility index (Phi) is 10.2. The zero-order valence-corrected chi connectivity index (χ0v) is 26.8. The molecule has 0 saturated carbocycles. The van der Waals surface area contributed by atoms with E-state index >= 15 is 0 Å². The van der Waals surface area contributed by atoms with E-state index in [1.807, 2.05) is 0 Å². The third kappa shape index (κ3) is 7.45. The van der Waals surface area contributed by atoms with Crippen molar-refractivity contribution in [2.24, 2.45) is 0 Å². The third-order valence-corrected chi connectivity index (χ3v) is 7.69. The molecule has 0 amide bonds. The van der Waals surface area contributed by atoms with E-state index in [0.29, 0.717) is 0 Å². The van der Waals surface area contributed by atoms with Gasteiger partial charge in [0.25, 0.3) is 0 Å². The Labute approximate surface area is 277 Å². The topological polar surface area (TPSA) is 191 Å². The van der Waals surface area contributed by atoms with E-state index in [-0.39, 0.29) is 47.4 Å². The number of hydrogen-bond acceptors (Lipinski definition) is 9. The number of carbonyl (C=O) groups excluding carboxylic acids is 3. The lowest BCUT2D eigenvalue weighted by Crippen LogP contribution is -2.18. The Balaban J connectivity index is 1.80. The Bertz CT molecular complexity index is 1690. The fraction of sp³-hybridized carbons (Fsp3) is 0. The monoisotopic (exact) mass is 804 g/mol. The van der Waals surface area contributed by atoms with Crippen molar-refractivity contribution in [1.82, 2.24) is 0 Å². The molecular weight excluding hydrogens is 792 g/mol. The highest BCUT2D eigenvalue weighted by atomic mass is 79.9. The van der Waals surface area contributed by atoms with Crippen molar-refractivity contribution < 1.29 is 58.3 Å². The van der Waals surface area contributed by atoms with Gasteiger partial charge >= 0.3 is 35.8 Å². The van der Waals surface area contributed by atoms with Crippen molar-refractivity contribution in [3.63, 3.8) is 0 Å². The molecule has 3 N–H and O–H groups in total. The predicted octanol–water partition coefficient (Wildman–Crippen LogP) is 6.73. The first-order chi connectivity index (χ1) is 21.3. The average Bonchev–Trinajstić information content (AvgIpc) is 2.99. The van der Waals surface area contributed by atoms with Crippen LogP contribution in [0.4, 0.5) is 0 Å². The highest BCUT2D eigenvalue weighted by Gasteiger charge is 2.26. The van der Waals surface area contributed by atoms with E-state index in [2.05, 4.69) is 47.8 Å². The lowest BCUT2D eigenvalue weighted by atomic mass is 10.1. The van der Waals surface area contributed by atoms with Crippen molar-refractivity contribution in [2.75, 3.05) is 0 Å².